The van der Waals surface area contributed by atoms with Crippen LogP contribution in [0.25, 0.3) is 0 Å². The minimum absolute atomic E-state index is 0.0225. The van der Waals surface area contributed by atoms with Crippen molar-refractivity contribution in [2.45, 2.75) is 38.0 Å². The summed E-state index contributed by atoms with van der Waals surface area (Å²) in [5.41, 5.74) is 2.21. The van der Waals surface area contributed by atoms with Crippen LogP contribution in [-0.2, 0) is 27.3 Å². The fraction of sp³-hybridized carbons (Fsp3) is 0.286. The molecule has 0 radical (unpaired) electrons. The first-order valence-electron chi connectivity index (χ1n) is 11.7. The second-order valence-corrected chi connectivity index (χ2v) is 9.08. The lowest BCUT2D eigenvalue weighted by Gasteiger charge is -2.32. The molecular formula is C28H28ClFN2O3. The lowest BCUT2D eigenvalue weighted by molar-refractivity contribution is -0.141. The molecule has 7 heteroatoms. The van der Waals surface area contributed by atoms with Gasteiger partial charge in [0.05, 0.1) is 12.5 Å². The highest BCUT2D eigenvalue weighted by Gasteiger charge is 2.32. The largest absolute Gasteiger partial charge is 0.376 e. The molecule has 1 fully saturated rings. The van der Waals surface area contributed by atoms with Gasteiger partial charge >= 0.3 is 0 Å². The van der Waals surface area contributed by atoms with Gasteiger partial charge in [0.25, 0.3) is 0 Å². The van der Waals surface area contributed by atoms with E-state index in [0.29, 0.717) is 23.7 Å². The van der Waals surface area contributed by atoms with Crippen molar-refractivity contribution in [1.82, 2.24) is 10.2 Å². The SMILES string of the molecule is O=C(NC[C@H]1CCCO1)[C@@H](c1ccccc1)N(Cc1ccc(F)cc1)C(=O)Cc1ccc(Cl)cc1. The molecule has 1 aliphatic heterocycles. The maximum absolute atomic E-state index is 13.7. The highest BCUT2D eigenvalue weighted by molar-refractivity contribution is 6.30. The highest BCUT2D eigenvalue weighted by atomic mass is 35.5. The van der Waals surface area contributed by atoms with Crippen molar-refractivity contribution in [1.29, 1.82) is 0 Å². The summed E-state index contributed by atoms with van der Waals surface area (Å²) < 4.78 is 19.2. The first kappa shape index (κ1) is 24.9. The number of benzene rings is 3. The van der Waals surface area contributed by atoms with Crippen LogP contribution < -0.4 is 5.32 Å². The molecule has 35 heavy (non-hydrogen) atoms. The average molecular weight is 495 g/mol. The molecule has 182 valence electrons. The maximum Gasteiger partial charge on any atom is 0.247 e. The number of nitrogens with one attached hydrogen (secondary N) is 1. The second kappa shape index (κ2) is 12.0. The molecule has 4 rings (SSSR count). The summed E-state index contributed by atoms with van der Waals surface area (Å²) in [6.45, 7) is 1.23. The molecule has 0 aliphatic carbocycles. The van der Waals surface area contributed by atoms with Crippen molar-refractivity contribution in [3.05, 3.63) is 106 Å². The molecule has 5 nitrogen and oxygen atoms in total. The monoisotopic (exact) mass is 494 g/mol. The first-order chi connectivity index (χ1) is 17.0. The van der Waals surface area contributed by atoms with E-state index < -0.39 is 6.04 Å². The zero-order valence-corrected chi connectivity index (χ0v) is 20.1. The summed E-state index contributed by atoms with van der Waals surface area (Å²) in [4.78, 5) is 28.8. The van der Waals surface area contributed by atoms with Crippen LogP contribution in [0.4, 0.5) is 4.39 Å². The van der Waals surface area contributed by atoms with Gasteiger partial charge in [-0.05, 0) is 53.8 Å². The fourth-order valence-electron chi connectivity index (χ4n) is 4.21. The van der Waals surface area contributed by atoms with Gasteiger partial charge < -0.3 is 15.0 Å². The molecule has 0 aromatic heterocycles. The van der Waals surface area contributed by atoms with Crippen molar-refractivity contribution >= 4 is 23.4 Å². The molecule has 1 aliphatic rings. The molecule has 0 saturated carbocycles. The van der Waals surface area contributed by atoms with Crippen LogP contribution in [0.2, 0.25) is 5.02 Å². The second-order valence-electron chi connectivity index (χ2n) is 8.64. The molecular weight excluding hydrogens is 467 g/mol. The molecule has 0 bridgehead atoms. The van der Waals surface area contributed by atoms with Crippen LogP contribution >= 0.6 is 11.6 Å². The van der Waals surface area contributed by atoms with Gasteiger partial charge in [0.1, 0.15) is 11.9 Å². The lowest BCUT2D eigenvalue weighted by Crippen LogP contribution is -2.45. The van der Waals surface area contributed by atoms with Crippen molar-refractivity contribution < 1.29 is 18.7 Å². The molecule has 2 amide bonds. The Hall–Kier alpha value is -3.22. The van der Waals surface area contributed by atoms with Crippen LogP contribution in [0.3, 0.4) is 0 Å². The van der Waals surface area contributed by atoms with E-state index in [-0.39, 0.29) is 36.7 Å². The van der Waals surface area contributed by atoms with E-state index in [1.807, 2.05) is 30.3 Å². The number of ether oxygens (including phenoxy) is 1. The number of amides is 2. The van der Waals surface area contributed by atoms with E-state index in [9.17, 15) is 14.0 Å². The van der Waals surface area contributed by atoms with E-state index in [4.69, 9.17) is 16.3 Å². The Morgan fingerprint density at radius 1 is 1.00 bits per heavy atom. The topological polar surface area (TPSA) is 58.6 Å². The molecule has 0 unspecified atom stereocenters. The van der Waals surface area contributed by atoms with Crippen molar-refractivity contribution in [3.63, 3.8) is 0 Å². The number of hydrogen-bond acceptors (Lipinski definition) is 3. The number of carbonyl (C=O) groups is 2. The zero-order chi connectivity index (χ0) is 24.6. The summed E-state index contributed by atoms with van der Waals surface area (Å²) in [7, 11) is 0. The quantitative estimate of drug-likeness (QED) is 0.451. The van der Waals surface area contributed by atoms with E-state index in [2.05, 4.69) is 5.32 Å². The van der Waals surface area contributed by atoms with E-state index in [1.54, 1.807) is 41.3 Å². The zero-order valence-electron chi connectivity index (χ0n) is 19.3. The minimum Gasteiger partial charge on any atom is -0.376 e. The molecule has 2 atom stereocenters. The van der Waals surface area contributed by atoms with Crippen LogP contribution in [0, 0.1) is 5.82 Å². The van der Waals surface area contributed by atoms with Gasteiger partial charge in [0, 0.05) is 24.7 Å². The lowest BCUT2D eigenvalue weighted by atomic mass is 10.0. The van der Waals surface area contributed by atoms with Gasteiger partial charge in [0.15, 0.2) is 0 Å². The standard InChI is InChI=1S/C28H28ClFN2O3/c29-23-12-8-20(9-13-23)17-26(33)32(19-21-10-14-24(30)15-11-21)27(22-5-2-1-3-6-22)28(34)31-18-25-7-4-16-35-25/h1-3,5-6,8-15,25,27H,4,7,16-19H2,(H,31,34)/t25-,27-/m1/s1. The number of rotatable bonds is 9. The number of nitrogens with zero attached hydrogens (tertiary/aromatic N) is 1. The third kappa shape index (κ3) is 6.90. The van der Waals surface area contributed by atoms with Gasteiger partial charge in [-0.1, -0.05) is 66.2 Å². The van der Waals surface area contributed by atoms with Gasteiger partial charge in [-0.2, -0.15) is 0 Å². The third-order valence-electron chi connectivity index (χ3n) is 6.06. The van der Waals surface area contributed by atoms with Crippen LogP contribution in [0.5, 0.6) is 0 Å². The number of halogens is 2. The molecule has 1 saturated heterocycles. The average Bonchev–Trinajstić information content (AvgIpc) is 3.39. The molecule has 3 aromatic carbocycles. The minimum atomic E-state index is -0.859. The first-order valence-corrected chi connectivity index (χ1v) is 12.1. The predicted molar refractivity (Wildman–Crippen MR) is 133 cm³/mol. The van der Waals surface area contributed by atoms with Crippen LogP contribution in [0.15, 0.2) is 78.9 Å². The molecule has 1 N–H and O–H groups in total. The van der Waals surface area contributed by atoms with Crippen molar-refractivity contribution in [2.75, 3.05) is 13.2 Å². The smallest absolute Gasteiger partial charge is 0.247 e. The van der Waals surface area contributed by atoms with Crippen molar-refractivity contribution in [2.24, 2.45) is 0 Å². The Bertz CT molecular complexity index is 1120. The maximum atomic E-state index is 13.7. The van der Waals surface area contributed by atoms with Gasteiger partial charge in [-0.25, -0.2) is 4.39 Å². The molecule has 0 spiro atoms. The van der Waals surface area contributed by atoms with Crippen LogP contribution in [0.1, 0.15) is 35.6 Å². The Morgan fingerprint density at radius 2 is 1.69 bits per heavy atom. The highest BCUT2D eigenvalue weighted by Crippen LogP contribution is 2.25. The van der Waals surface area contributed by atoms with E-state index in [1.165, 1.54) is 12.1 Å². The molecule has 1 heterocycles. The van der Waals surface area contributed by atoms with Crippen LogP contribution in [-0.4, -0.2) is 36.0 Å². The van der Waals surface area contributed by atoms with Crippen molar-refractivity contribution in [3.8, 4) is 0 Å². The van der Waals surface area contributed by atoms with E-state index in [0.717, 1.165) is 24.0 Å². The Kier molecular flexibility index (Phi) is 8.50. The van der Waals surface area contributed by atoms with E-state index >= 15 is 0 Å². The van der Waals surface area contributed by atoms with Gasteiger partial charge in [-0.3, -0.25) is 9.59 Å². The Morgan fingerprint density at radius 3 is 2.34 bits per heavy atom. The summed E-state index contributed by atoms with van der Waals surface area (Å²) in [6, 6.07) is 21.4. The summed E-state index contributed by atoms with van der Waals surface area (Å²) in [6.07, 6.45) is 1.94. The normalized spacial score (nSPS) is 16.0. The Balaban J connectivity index is 1.64. The fourth-order valence-corrected chi connectivity index (χ4v) is 4.34. The van der Waals surface area contributed by atoms with Gasteiger partial charge in [-0.15, -0.1) is 0 Å². The number of carbonyl (C=O) groups excluding carboxylic acids is 2. The predicted octanol–water partition coefficient (Wildman–Crippen LogP) is 5.09. The van der Waals surface area contributed by atoms with Gasteiger partial charge in [0.2, 0.25) is 11.8 Å². The number of hydrogen-bond donors (Lipinski definition) is 1. The summed E-state index contributed by atoms with van der Waals surface area (Å²) >= 11 is 6.00. The molecule has 3 aromatic rings. The Labute approximate surface area is 209 Å². The third-order valence-corrected chi connectivity index (χ3v) is 6.31. The summed E-state index contributed by atoms with van der Waals surface area (Å²) in [5.74, 6) is -0.863. The summed E-state index contributed by atoms with van der Waals surface area (Å²) in [5, 5.41) is 3.57.